The molecule has 0 aromatic heterocycles. The minimum atomic E-state index is 0.351. The Morgan fingerprint density at radius 2 is 0.849 bits per heavy atom. The maximum Gasteiger partial charge on any atom is 0.0690 e. The molecule has 22 aliphatic rings. The summed E-state index contributed by atoms with van der Waals surface area (Å²) in [7, 11) is 0. The molecule has 0 aromatic rings. The summed E-state index contributed by atoms with van der Waals surface area (Å²) in [4.78, 5) is 0. The third-order valence-electron chi connectivity index (χ3n) is 33.6. The number of ether oxygens (including phenoxy) is 8. The summed E-state index contributed by atoms with van der Waals surface area (Å²) < 4.78 is 46.5. The van der Waals surface area contributed by atoms with Gasteiger partial charge in [0.2, 0.25) is 0 Å². The molecule has 8 heteroatoms. The molecule has 0 spiro atoms. The van der Waals surface area contributed by atoms with E-state index in [1.165, 1.54) is 238 Å². The van der Waals surface area contributed by atoms with Gasteiger partial charge >= 0.3 is 0 Å². The Labute approximate surface area is 656 Å². The highest BCUT2D eigenvalue weighted by Gasteiger charge is 2.54. The smallest absolute Gasteiger partial charge is 0.0690 e. The maximum absolute atomic E-state index is 6.04. The van der Waals surface area contributed by atoms with Gasteiger partial charge in [-0.25, -0.2) is 0 Å². The molecule has 0 aliphatic heterocycles. The molecular formula is C98H176O8. The molecular weight excluding hydrogens is 1310 g/mol. The first-order chi connectivity index (χ1) is 51.2. The minimum absolute atomic E-state index is 0.351. The van der Waals surface area contributed by atoms with Crippen molar-refractivity contribution in [2.75, 3.05) is 66.1 Å². The van der Waals surface area contributed by atoms with E-state index in [1.807, 2.05) is 0 Å². The van der Waals surface area contributed by atoms with E-state index in [4.69, 9.17) is 37.9 Å². The SMILES string of the molecule is CCOC12CC3CC(CC(C3)C1)C2.CCOC1C2CC3CC(C2)CC1C3.CCOC1CC(C)CCC1C(C)C.CCOC1CC2CCC1C2.CCOC1CCCC(C2CCCCC2)C1.CCOC1CCCCC1(C)C(C)(C)C.CCOCC12CC3CC(CC(C3)C1)C2.CCOCC1C2CC3CC(C2)CC1C3. The molecule has 22 saturated carbocycles. The van der Waals surface area contributed by atoms with Gasteiger partial charge in [-0.15, -0.1) is 0 Å². The molecule has 616 valence electrons. The maximum atomic E-state index is 6.04. The third kappa shape index (κ3) is 23.3. The molecule has 0 heterocycles. The second kappa shape index (κ2) is 41.5. The summed E-state index contributed by atoms with van der Waals surface area (Å²) in [5.74, 6) is 22.0. The van der Waals surface area contributed by atoms with Crippen molar-refractivity contribution in [1.82, 2.24) is 0 Å². The van der Waals surface area contributed by atoms with Gasteiger partial charge in [-0.2, -0.15) is 0 Å². The summed E-state index contributed by atoms with van der Waals surface area (Å²) in [5, 5.41) is 0. The fourth-order valence-electron chi connectivity index (χ4n) is 29.6. The zero-order valence-electron chi connectivity index (χ0n) is 72.6. The highest BCUT2D eigenvalue weighted by atomic mass is 16.5. The highest BCUT2D eigenvalue weighted by Crippen LogP contribution is 2.62. The van der Waals surface area contributed by atoms with Crippen molar-refractivity contribution in [3.63, 3.8) is 0 Å². The van der Waals surface area contributed by atoms with Gasteiger partial charge in [0.1, 0.15) is 0 Å². The van der Waals surface area contributed by atoms with Gasteiger partial charge in [0.25, 0.3) is 0 Å². The van der Waals surface area contributed by atoms with Crippen LogP contribution in [0.25, 0.3) is 0 Å². The Bertz CT molecular complexity index is 2310. The van der Waals surface area contributed by atoms with Crippen molar-refractivity contribution in [3.8, 4) is 0 Å². The van der Waals surface area contributed by atoms with Crippen molar-refractivity contribution in [2.24, 2.45) is 146 Å². The van der Waals surface area contributed by atoms with Crippen LogP contribution in [-0.4, -0.2) is 102 Å². The van der Waals surface area contributed by atoms with Crippen LogP contribution in [0.3, 0.4) is 0 Å². The molecule has 10 atom stereocenters. The highest BCUT2D eigenvalue weighted by molar-refractivity contribution is 5.05. The normalized spacial score (nSPS) is 44.1. The Morgan fingerprint density at radius 1 is 0.358 bits per heavy atom. The van der Waals surface area contributed by atoms with Crippen LogP contribution in [0, 0.1) is 146 Å². The summed E-state index contributed by atoms with van der Waals surface area (Å²) >= 11 is 0. The van der Waals surface area contributed by atoms with E-state index in [2.05, 4.69) is 104 Å². The van der Waals surface area contributed by atoms with E-state index in [9.17, 15) is 0 Å². The van der Waals surface area contributed by atoms with Gasteiger partial charge in [-0.05, 0) is 414 Å². The number of hydrogen-bond acceptors (Lipinski definition) is 8. The van der Waals surface area contributed by atoms with Crippen molar-refractivity contribution < 1.29 is 37.9 Å². The van der Waals surface area contributed by atoms with Gasteiger partial charge in [-0.1, -0.05) is 106 Å². The van der Waals surface area contributed by atoms with Crippen LogP contribution in [0.4, 0.5) is 0 Å². The zero-order valence-corrected chi connectivity index (χ0v) is 72.6. The largest absolute Gasteiger partial charge is 0.381 e. The lowest BCUT2D eigenvalue weighted by Crippen LogP contribution is -2.51. The second-order valence-electron chi connectivity index (χ2n) is 42.4. The fraction of sp³-hybridized carbons (Fsp3) is 1.00. The molecule has 0 aromatic carbocycles. The first-order valence-electron chi connectivity index (χ1n) is 48.1. The number of hydrogen-bond donors (Lipinski definition) is 0. The Morgan fingerprint density at radius 3 is 1.33 bits per heavy atom. The van der Waals surface area contributed by atoms with E-state index >= 15 is 0 Å². The topological polar surface area (TPSA) is 73.8 Å². The molecule has 0 saturated heterocycles. The molecule has 8 nitrogen and oxygen atoms in total. The van der Waals surface area contributed by atoms with Crippen LogP contribution < -0.4 is 0 Å². The average molecular weight is 1480 g/mol. The van der Waals surface area contributed by atoms with E-state index in [0.717, 1.165) is 196 Å². The third-order valence-corrected chi connectivity index (χ3v) is 33.6. The van der Waals surface area contributed by atoms with Crippen molar-refractivity contribution in [1.29, 1.82) is 0 Å². The van der Waals surface area contributed by atoms with Crippen LogP contribution in [0.5, 0.6) is 0 Å². The molecule has 22 fully saturated rings. The van der Waals surface area contributed by atoms with Crippen LogP contribution in [0.15, 0.2) is 0 Å². The van der Waals surface area contributed by atoms with Crippen LogP contribution in [0.1, 0.15) is 374 Å². The summed E-state index contributed by atoms with van der Waals surface area (Å²) in [6.45, 7) is 42.8. The van der Waals surface area contributed by atoms with Gasteiger partial charge in [0.05, 0.1) is 42.7 Å². The molecule has 0 amide bonds. The lowest BCUT2D eigenvalue weighted by molar-refractivity contribution is -0.159. The number of rotatable bonds is 20. The van der Waals surface area contributed by atoms with Crippen LogP contribution >= 0.6 is 0 Å². The van der Waals surface area contributed by atoms with E-state index in [0.29, 0.717) is 52.4 Å². The van der Waals surface area contributed by atoms with E-state index in [-0.39, 0.29) is 0 Å². The van der Waals surface area contributed by atoms with Crippen molar-refractivity contribution in [2.45, 2.75) is 410 Å². The lowest BCUT2D eigenvalue weighted by atomic mass is 9.50. The standard InChI is InChI=1S/C14H26O.2C13H22O.C13H26O.2C12H20O.C12H24O.C9H16O/c1-2-15-14-10-6-9-13(11-14)12-7-4-3-5-8-12;1-2-14-9-13-6-10-3-11(7-13)5-12(4-10)8-13;1-2-14-8-13-11-4-9-3-10(6-11)7-12(13)5-9;1-6-14-11-9-7-8-10-13(11,5)12(2,3)4;1-2-13-12-6-9-3-10(7-12)5-11(4-9)8-12;1-2-13-12-10-4-8-3-9(6-10)7-11(12)5-8;1-5-13-12-8-10(4)6-7-11(12)9(2)3;1-2-10-9-6-7-3-4-8(9)5-7/h12-14H,2-11H2,1H3;10-12H,2-9H2,1H3;9-13H,2-8H2,1H3;11H,6-10H2,1-5H3;9-11H,2-8H2,1H3;8-12H,2-7H2,1H3;9-12H,5-8H2,1-4H3;7-9H,2-6H2,1H3. The first kappa shape index (κ1) is 86.5. The molecule has 10 unspecified atom stereocenters. The molecule has 0 N–H and O–H groups in total. The van der Waals surface area contributed by atoms with Gasteiger partial charge < -0.3 is 37.9 Å². The Kier molecular flexibility index (Phi) is 33.9. The van der Waals surface area contributed by atoms with Crippen molar-refractivity contribution >= 4 is 0 Å². The molecule has 106 heavy (non-hydrogen) atoms. The van der Waals surface area contributed by atoms with Gasteiger partial charge in [0.15, 0.2) is 0 Å². The molecule has 22 rings (SSSR count). The first-order valence-corrected chi connectivity index (χ1v) is 48.1. The van der Waals surface area contributed by atoms with E-state index in [1.54, 1.807) is 32.1 Å². The minimum Gasteiger partial charge on any atom is -0.381 e. The Balaban J connectivity index is 0.000000121. The molecule has 0 radical (unpaired) electrons. The quantitative estimate of drug-likeness (QED) is 0.119. The van der Waals surface area contributed by atoms with E-state index < -0.39 is 0 Å². The second-order valence-corrected chi connectivity index (χ2v) is 42.4. The zero-order chi connectivity index (χ0) is 75.0. The summed E-state index contributed by atoms with van der Waals surface area (Å²) in [5.41, 5.74) is 1.70. The monoisotopic (exact) mass is 1480 g/mol. The van der Waals surface area contributed by atoms with Crippen LogP contribution in [0.2, 0.25) is 0 Å². The average Bonchev–Trinajstić information content (AvgIpc) is 0.908. The Hall–Kier alpha value is -0.320. The lowest BCUT2D eigenvalue weighted by Gasteiger charge is -2.56. The summed E-state index contributed by atoms with van der Waals surface area (Å²) in [6.07, 6.45) is 64.0. The van der Waals surface area contributed by atoms with Crippen molar-refractivity contribution in [3.05, 3.63) is 0 Å². The van der Waals surface area contributed by atoms with Crippen LogP contribution in [-0.2, 0) is 37.9 Å². The number of fused-ring (bicyclic) bond motifs is 2. The predicted molar refractivity (Wildman–Crippen MR) is 442 cm³/mol. The predicted octanol–water partition coefficient (Wildman–Crippen LogP) is 26.0. The summed E-state index contributed by atoms with van der Waals surface area (Å²) in [6, 6.07) is 0. The fourth-order valence-corrected chi connectivity index (χ4v) is 29.6. The van der Waals surface area contributed by atoms with Gasteiger partial charge in [-0.3, -0.25) is 0 Å². The molecule has 22 aliphatic carbocycles. The van der Waals surface area contributed by atoms with Gasteiger partial charge in [0, 0.05) is 59.5 Å². The molecule has 18 bridgehead atoms.